The average Bonchev–Trinajstić information content (AvgIpc) is 2.68. The number of aromatic hydroxyl groups is 1. The summed E-state index contributed by atoms with van der Waals surface area (Å²) in [6.45, 7) is 0. The molecule has 1 aromatic heterocycles. The van der Waals surface area contributed by atoms with Crippen LogP contribution >= 0.6 is 0 Å². The number of nitrogens with zero attached hydrogens (tertiary/aromatic N) is 2. The summed E-state index contributed by atoms with van der Waals surface area (Å²) < 4.78 is 10.5. The van der Waals surface area contributed by atoms with Crippen LogP contribution in [0.4, 0.5) is 17.5 Å². The van der Waals surface area contributed by atoms with Gasteiger partial charge in [-0.15, -0.1) is 0 Å². The Balaban J connectivity index is 1.95. The zero-order chi connectivity index (χ0) is 21.0. The third-order valence-electron chi connectivity index (χ3n) is 4.88. The van der Waals surface area contributed by atoms with Crippen LogP contribution < -0.4 is 31.6 Å². The molecule has 1 amide bonds. The summed E-state index contributed by atoms with van der Waals surface area (Å²) in [5.74, 6) is -0.0773. The summed E-state index contributed by atoms with van der Waals surface area (Å²) in [6.07, 6.45) is 3.90. The second kappa shape index (κ2) is 8.82. The van der Waals surface area contributed by atoms with Gasteiger partial charge in [0.15, 0.2) is 5.82 Å². The Morgan fingerprint density at radius 2 is 1.79 bits per heavy atom. The minimum Gasteiger partial charge on any atom is -0.497 e. The van der Waals surface area contributed by atoms with Crippen LogP contribution in [0.2, 0.25) is 0 Å². The molecular weight excluding hydrogens is 376 g/mol. The third-order valence-corrected chi connectivity index (χ3v) is 4.88. The molecule has 1 aromatic carbocycles. The minimum absolute atomic E-state index is 0.0210. The van der Waals surface area contributed by atoms with Gasteiger partial charge in [0.25, 0.3) is 5.91 Å². The second-order valence-electron chi connectivity index (χ2n) is 6.88. The van der Waals surface area contributed by atoms with E-state index in [9.17, 15) is 9.90 Å². The largest absolute Gasteiger partial charge is 0.497 e. The maximum atomic E-state index is 11.9. The van der Waals surface area contributed by atoms with Crippen molar-refractivity contribution in [2.75, 3.05) is 24.9 Å². The number of carbonyl (C=O) groups is 1. The molecule has 0 unspecified atom stereocenters. The molecule has 0 bridgehead atoms. The normalized spacial score (nSPS) is 18.7. The van der Waals surface area contributed by atoms with Crippen molar-refractivity contribution in [2.24, 2.45) is 11.5 Å². The van der Waals surface area contributed by atoms with Crippen LogP contribution in [0.25, 0.3) is 0 Å². The molecule has 0 radical (unpaired) electrons. The van der Waals surface area contributed by atoms with Gasteiger partial charge in [-0.05, 0) is 12.8 Å². The number of anilines is 3. The SMILES string of the molecule is COc1cc(Nc2nc(N[C@@H]3CCCC[C@@H]3N)nc(O)c2C(N)=O)cc(OC)c1. The third kappa shape index (κ3) is 4.77. The van der Waals surface area contributed by atoms with E-state index in [-0.39, 0.29) is 29.4 Å². The summed E-state index contributed by atoms with van der Waals surface area (Å²) in [4.78, 5) is 20.2. The van der Waals surface area contributed by atoms with Crippen molar-refractivity contribution in [1.29, 1.82) is 0 Å². The average molecular weight is 402 g/mol. The van der Waals surface area contributed by atoms with Crippen molar-refractivity contribution in [2.45, 2.75) is 37.8 Å². The van der Waals surface area contributed by atoms with Gasteiger partial charge in [-0.3, -0.25) is 4.79 Å². The van der Waals surface area contributed by atoms with Crippen molar-refractivity contribution in [1.82, 2.24) is 9.97 Å². The van der Waals surface area contributed by atoms with Gasteiger partial charge in [0.2, 0.25) is 11.8 Å². The molecule has 1 aliphatic rings. The van der Waals surface area contributed by atoms with Gasteiger partial charge in [0.05, 0.1) is 14.2 Å². The maximum Gasteiger partial charge on any atom is 0.258 e. The highest BCUT2D eigenvalue weighted by Gasteiger charge is 2.25. The lowest BCUT2D eigenvalue weighted by Crippen LogP contribution is -2.43. The van der Waals surface area contributed by atoms with Gasteiger partial charge >= 0.3 is 0 Å². The van der Waals surface area contributed by atoms with E-state index in [4.69, 9.17) is 20.9 Å². The molecule has 1 heterocycles. The molecule has 2 atom stereocenters. The number of carbonyl (C=O) groups excluding carboxylic acids is 1. The molecule has 1 saturated carbocycles. The Bertz CT molecular complexity index is 869. The molecule has 7 N–H and O–H groups in total. The first-order valence-corrected chi connectivity index (χ1v) is 9.34. The molecule has 3 rings (SSSR count). The van der Waals surface area contributed by atoms with Gasteiger partial charge in [-0.2, -0.15) is 9.97 Å². The van der Waals surface area contributed by atoms with E-state index in [1.165, 1.54) is 14.2 Å². The summed E-state index contributed by atoms with van der Waals surface area (Å²) in [7, 11) is 3.05. The number of nitrogens with one attached hydrogen (secondary N) is 2. The number of nitrogens with two attached hydrogens (primary N) is 2. The molecule has 0 saturated heterocycles. The summed E-state index contributed by atoms with van der Waals surface area (Å²) in [5.41, 5.74) is 11.9. The van der Waals surface area contributed by atoms with E-state index in [1.54, 1.807) is 18.2 Å². The lowest BCUT2D eigenvalue weighted by Gasteiger charge is -2.29. The number of methoxy groups -OCH3 is 2. The van der Waals surface area contributed by atoms with Crippen LogP contribution in [0, 0.1) is 0 Å². The second-order valence-corrected chi connectivity index (χ2v) is 6.88. The zero-order valence-electron chi connectivity index (χ0n) is 16.4. The van der Waals surface area contributed by atoms with Crippen LogP contribution in [-0.4, -0.2) is 47.3 Å². The fourth-order valence-corrected chi connectivity index (χ4v) is 3.35. The minimum atomic E-state index is -0.860. The number of amides is 1. The maximum absolute atomic E-state index is 11.9. The van der Waals surface area contributed by atoms with Crippen molar-refractivity contribution in [3.8, 4) is 17.4 Å². The van der Waals surface area contributed by atoms with Crippen LogP contribution in [0.3, 0.4) is 0 Å². The number of hydrogen-bond donors (Lipinski definition) is 5. The van der Waals surface area contributed by atoms with Crippen LogP contribution in [0.15, 0.2) is 18.2 Å². The standard InChI is InChI=1S/C19H26N6O4/c1-28-11-7-10(8-12(9-11)29-2)22-17-15(16(21)26)18(27)25-19(24-17)23-14-6-4-3-5-13(14)20/h7-9,13-14H,3-6,20H2,1-2H3,(H2,21,26)(H3,22,23,24,25,27)/t13-,14+/m0/s1. The fourth-order valence-electron chi connectivity index (χ4n) is 3.35. The van der Waals surface area contributed by atoms with Crippen molar-refractivity contribution in [3.63, 3.8) is 0 Å². The Morgan fingerprint density at radius 3 is 2.38 bits per heavy atom. The molecule has 10 heteroatoms. The molecule has 10 nitrogen and oxygen atoms in total. The summed E-state index contributed by atoms with van der Waals surface area (Å²) in [6, 6.07) is 5.03. The molecule has 1 fully saturated rings. The number of ether oxygens (including phenoxy) is 2. The van der Waals surface area contributed by atoms with Gasteiger partial charge < -0.3 is 36.7 Å². The number of benzene rings is 1. The lowest BCUT2D eigenvalue weighted by molar-refractivity contribution is 0.0997. The van der Waals surface area contributed by atoms with Crippen molar-refractivity contribution >= 4 is 23.4 Å². The number of primary amides is 1. The number of aromatic nitrogens is 2. The van der Waals surface area contributed by atoms with E-state index in [0.717, 1.165) is 25.7 Å². The van der Waals surface area contributed by atoms with Gasteiger partial charge in [-0.25, -0.2) is 0 Å². The highest BCUT2D eigenvalue weighted by molar-refractivity contribution is 6.00. The topological polar surface area (TPSA) is 158 Å². The Hall–Kier alpha value is -3.27. The van der Waals surface area contributed by atoms with Gasteiger partial charge in [0, 0.05) is 36.0 Å². The van der Waals surface area contributed by atoms with Gasteiger partial charge in [0.1, 0.15) is 17.1 Å². The molecule has 1 aliphatic carbocycles. The Kier molecular flexibility index (Phi) is 6.23. The van der Waals surface area contributed by atoms with Crippen molar-refractivity contribution < 1.29 is 19.4 Å². The number of hydrogen-bond acceptors (Lipinski definition) is 9. The van der Waals surface area contributed by atoms with Crippen molar-refractivity contribution in [3.05, 3.63) is 23.8 Å². The van der Waals surface area contributed by atoms with Crippen LogP contribution in [0.5, 0.6) is 17.4 Å². The fraction of sp³-hybridized carbons (Fsp3) is 0.421. The first kappa shape index (κ1) is 20.5. The first-order chi connectivity index (χ1) is 13.9. The van der Waals surface area contributed by atoms with E-state index in [2.05, 4.69) is 20.6 Å². The van der Waals surface area contributed by atoms with E-state index >= 15 is 0 Å². The Labute approximate surface area is 168 Å². The molecule has 0 spiro atoms. The predicted molar refractivity (Wildman–Crippen MR) is 109 cm³/mol. The lowest BCUT2D eigenvalue weighted by atomic mass is 9.91. The van der Waals surface area contributed by atoms with Crippen LogP contribution in [0.1, 0.15) is 36.0 Å². The molecule has 2 aromatic rings. The smallest absolute Gasteiger partial charge is 0.258 e. The van der Waals surface area contributed by atoms with E-state index in [0.29, 0.717) is 17.2 Å². The zero-order valence-corrected chi connectivity index (χ0v) is 16.4. The monoisotopic (exact) mass is 402 g/mol. The predicted octanol–water partition coefficient (Wildman–Crippen LogP) is 1.72. The molecule has 0 aliphatic heterocycles. The molecule has 29 heavy (non-hydrogen) atoms. The van der Waals surface area contributed by atoms with E-state index < -0.39 is 11.8 Å². The van der Waals surface area contributed by atoms with E-state index in [1.807, 2.05) is 0 Å². The quantitative estimate of drug-likeness (QED) is 0.465. The highest BCUT2D eigenvalue weighted by Crippen LogP contribution is 2.31. The van der Waals surface area contributed by atoms with Crippen LogP contribution in [-0.2, 0) is 0 Å². The molecular formula is C19H26N6O4. The number of rotatable bonds is 7. The Morgan fingerprint density at radius 1 is 1.14 bits per heavy atom. The first-order valence-electron chi connectivity index (χ1n) is 9.34. The summed E-state index contributed by atoms with van der Waals surface area (Å²) >= 11 is 0. The molecule has 156 valence electrons. The highest BCUT2D eigenvalue weighted by atomic mass is 16.5. The van der Waals surface area contributed by atoms with Gasteiger partial charge in [-0.1, -0.05) is 12.8 Å². The summed E-state index contributed by atoms with van der Waals surface area (Å²) in [5, 5.41) is 16.5.